The summed E-state index contributed by atoms with van der Waals surface area (Å²) >= 11 is 0. The molecule has 0 radical (unpaired) electrons. The molecule has 2 aliphatic heterocycles. The van der Waals surface area contributed by atoms with Gasteiger partial charge in [0.25, 0.3) is 5.91 Å². The van der Waals surface area contributed by atoms with Gasteiger partial charge in [0.2, 0.25) is 5.91 Å². The minimum absolute atomic E-state index is 0.0188. The Morgan fingerprint density at radius 3 is 2.44 bits per heavy atom. The minimum atomic E-state index is -0.0647. The average Bonchev–Trinajstić information content (AvgIpc) is 2.73. The Labute approximate surface area is 160 Å². The summed E-state index contributed by atoms with van der Waals surface area (Å²) in [7, 11) is 3.13. The zero-order valence-corrected chi connectivity index (χ0v) is 16.1. The number of ether oxygens (including phenoxy) is 2. The van der Waals surface area contributed by atoms with Crippen LogP contribution >= 0.6 is 0 Å². The van der Waals surface area contributed by atoms with Crippen molar-refractivity contribution in [2.45, 2.75) is 44.2 Å². The molecule has 0 aliphatic carbocycles. The second kappa shape index (κ2) is 9.08. The first-order chi connectivity index (χ1) is 13.1. The van der Waals surface area contributed by atoms with E-state index in [-0.39, 0.29) is 23.9 Å². The molecule has 2 aliphatic rings. The van der Waals surface area contributed by atoms with Crippen LogP contribution in [0.5, 0.6) is 11.5 Å². The number of methoxy groups -OCH3 is 2. The fourth-order valence-electron chi connectivity index (χ4n) is 3.76. The van der Waals surface area contributed by atoms with Crippen LogP contribution in [0.2, 0.25) is 0 Å². The van der Waals surface area contributed by atoms with E-state index in [0.29, 0.717) is 30.2 Å². The lowest BCUT2D eigenvalue weighted by molar-refractivity contribution is -0.124. The predicted octanol–water partition coefficient (Wildman–Crippen LogP) is 1.57. The maximum absolute atomic E-state index is 12.8. The molecule has 7 nitrogen and oxygen atoms in total. The fraction of sp³-hybridized carbons (Fsp3) is 0.600. The molecule has 2 saturated heterocycles. The summed E-state index contributed by atoms with van der Waals surface area (Å²) < 4.78 is 10.5. The number of carbonyl (C=O) groups is 2. The first-order valence-corrected chi connectivity index (χ1v) is 9.67. The van der Waals surface area contributed by atoms with E-state index < -0.39 is 0 Å². The molecule has 2 heterocycles. The van der Waals surface area contributed by atoms with E-state index in [0.717, 1.165) is 38.6 Å². The van der Waals surface area contributed by atoms with Gasteiger partial charge in [0, 0.05) is 24.7 Å². The second-order valence-corrected chi connectivity index (χ2v) is 7.15. The van der Waals surface area contributed by atoms with Gasteiger partial charge in [0.05, 0.1) is 20.3 Å². The molecule has 3 rings (SSSR count). The number of nitrogens with zero attached hydrogens (tertiary/aromatic N) is 1. The zero-order chi connectivity index (χ0) is 19.2. The highest BCUT2D eigenvalue weighted by molar-refractivity contribution is 5.95. The monoisotopic (exact) mass is 375 g/mol. The molecule has 0 aromatic heterocycles. The highest BCUT2D eigenvalue weighted by Crippen LogP contribution is 2.28. The summed E-state index contributed by atoms with van der Waals surface area (Å²) in [6, 6.07) is 5.28. The summed E-state index contributed by atoms with van der Waals surface area (Å²) in [6.07, 6.45) is 4.70. The Morgan fingerprint density at radius 1 is 1.07 bits per heavy atom. The van der Waals surface area contributed by atoms with E-state index in [4.69, 9.17) is 9.47 Å². The Morgan fingerprint density at radius 2 is 1.81 bits per heavy atom. The molecule has 2 N–H and O–H groups in total. The molecule has 1 unspecified atom stereocenters. The van der Waals surface area contributed by atoms with Crippen LogP contribution in [0.4, 0.5) is 0 Å². The van der Waals surface area contributed by atoms with Gasteiger partial charge < -0.3 is 25.0 Å². The van der Waals surface area contributed by atoms with Crippen LogP contribution in [0.25, 0.3) is 0 Å². The van der Waals surface area contributed by atoms with E-state index in [1.807, 2.05) is 4.90 Å². The molecule has 0 bridgehead atoms. The SMILES string of the molecule is COc1ccc(C(=O)N2CCC(NC(=O)C3CCCCN3)CC2)cc1OC. The molecule has 0 spiro atoms. The molecular weight excluding hydrogens is 346 g/mol. The summed E-state index contributed by atoms with van der Waals surface area (Å²) in [5.74, 6) is 1.23. The minimum Gasteiger partial charge on any atom is -0.493 e. The number of amides is 2. The number of nitrogens with one attached hydrogen (secondary N) is 2. The lowest BCUT2D eigenvalue weighted by atomic mass is 10.0. The molecule has 148 valence electrons. The summed E-state index contributed by atoms with van der Waals surface area (Å²) in [5.41, 5.74) is 0.585. The molecular formula is C20H29N3O4. The van der Waals surface area contributed by atoms with Crippen LogP contribution < -0.4 is 20.1 Å². The Hall–Kier alpha value is -2.28. The van der Waals surface area contributed by atoms with Gasteiger partial charge in [0.1, 0.15) is 0 Å². The molecule has 1 aromatic carbocycles. The smallest absolute Gasteiger partial charge is 0.253 e. The summed E-state index contributed by atoms with van der Waals surface area (Å²) in [5, 5.41) is 6.42. The number of likely N-dealkylation sites (tertiary alicyclic amines) is 1. The van der Waals surface area contributed by atoms with Gasteiger partial charge in [-0.05, 0) is 50.4 Å². The van der Waals surface area contributed by atoms with Crippen molar-refractivity contribution in [1.82, 2.24) is 15.5 Å². The topological polar surface area (TPSA) is 79.9 Å². The van der Waals surface area contributed by atoms with Crippen LogP contribution in [0.1, 0.15) is 42.5 Å². The number of carbonyl (C=O) groups excluding carboxylic acids is 2. The van der Waals surface area contributed by atoms with Gasteiger partial charge in [-0.15, -0.1) is 0 Å². The highest BCUT2D eigenvalue weighted by atomic mass is 16.5. The quantitative estimate of drug-likeness (QED) is 0.817. The third-order valence-corrected chi connectivity index (χ3v) is 5.39. The Bertz CT molecular complexity index is 665. The number of benzene rings is 1. The van der Waals surface area contributed by atoms with Crippen molar-refractivity contribution in [2.75, 3.05) is 33.9 Å². The number of rotatable bonds is 5. The van der Waals surface area contributed by atoms with Gasteiger partial charge in [-0.1, -0.05) is 6.42 Å². The molecule has 2 fully saturated rings. The van der Waals surface area contributed by atoms with Gasteiger partial charge in [-0.25, -0.2) is 0 Å². The van der Waals surface area contributed by atoms with E-state index in [1.165, 1.54) is 0 Å². The Balaban J connectivity index is 1.52. The summed E-state index contributed by atoms with van der Waals surface area (Å²) in [4.78, 5) is 27.0. The Kier molecular flexibility index (Phi) is 6.55. The standard InChI is InChI=1S/C20H29N3O4/c1-26-17-7-6-14(13-18(17)27-2)20(25)23-11-8-15(9-12-23)22-19(24)16-5-3-4-10-21-16/h6-7,13,15-16,21H,3-5,8-12H2,1-2H3,(H,22,24). The number of piperidine rings is 2. The summed E-state index contributed by atoms with van der Waals surface area (Å²) in [6.45, 7) is 2.18. The van der Waals surface area contributed by atoms with Gasteiger partial charge in [-0.2, -0.15) is 0 Å². The lowest BCUT2D eigenvalue weighted by Gasteiger charge is -2.33. The first kappa shape index (κ1) is 19.5. The molecule has 0 saturated carbocycles. The van der Waals surface area contributed by atoms with Crippen molar-refractivity contribution in [2.24, 2.45) is 0 Å². The van der Waals surface area contributed by atoms with E-state index >= 15 is 0 Å². The fourth-order valence-corrected chi connectivity index (χ4v) is 3.76. The molecule has 7 heteroatoms. The largest absolute Gasteiger partial charge is 0.493 e. The molecule has 1 atom stereocenters. The van der Waals surface area contributed by atoms with Crippen LogP contribution in [0.3, 0.4) is 0 Å². The zero-order valence-electron chi connectivity index (χ0n) is 16.1. The van der Waals surface area contributed by atoms with Crippen molar-refractivity contribution in [1.29, 1.82) is 0 Å². The van der Waals surface area contributed by atoms with Gasteiger partial charge in [0.15, 0.2) is 11.5 Å². The van der Waals surface area contributed by atoms with Gasteiger partial charge >= 0.3 is 0 Å². The lowest BCUT2D eigenvalue weighted by Crippen LogP contribution is -2.52. The van der Waals surface area contributed by atoms with Crippen LogP contribution in [-0.4, -0.2) is 62.7 Å². The maximum atomic E-state index is 12.8. The van der Waals surface area contributed by atoms with E-state index in [1.54, 1.807) is 32.4 Å². The van der Waals surface area contributed by atoms with E-state index in [9.17, 15) is 9.59 Å². The van der Waals surface area contributed by atoms with Crippen LogP contribution in [0, 0.1) is 0 Å². The highest BCUT2D eigenvalue weighted by Gasteiger charge is 2.27. The van der Waals surface area contributed by atoms with Crippen LogP contribution in [0.15, 0.2) is 18.2 Å². The second-order valence-electron chi connectivity index (χ2n) is 7.15. The van der Waals surface area contributed by atoms with Crippen molar-refractivity contribution < 1.29 is 19.1 Å². The molecule has 1 aromatic rings. The first-order valence-electron chi connectivity index (χ1n) is 9.67. The van der Waals surface area contributed by atoms with Crippen molar-refractivity contribution in [3.05, 3.63) is 23.8 Å². The maximum Gasteiger partial charge on any atom is 0.253 e. The number of hydrogen-bond acceptors (Lipinski definition) is 5. The average molecular weight is 375 g/mol. The third-order valence-electron chi connectivity index (χ3n) is 5.39. The number of hydrogen-bond donors (Lipinski definition) is 2. The normalized spacial score (nSPS) is 20.8. The van der Waals surface area contributed by atoms with E-state index in [2.05, 4.69) is 10.6 Å². The van der Waals surface area contributed by atoms with Crippen molar-refractivity contribution >= 4 is 11.8 Å². The van der Waals surface area contributed by atoms with Crippen LogP contribution in [-0.2, 0) is 4.79 Å². The molecule has 2 amide bonds. The van der Waals surface area contributed by atoms with Crippen molar-refractivity contribution in [3.8, 4) is 11.5 Å². The van der Waals surface area contributed by atoms with Gasteiger partial charge in [-0.3, -0.25) is 9.59 Å². The molecule has 27 heavy (non-hydrogen) atoms. The van der Waals surface area contributed by atoms with Crippen molar-refractivity contribution in [3.63, 3.8) is 0 Å². The third kappa shape index (κ3) is 4.71. The predicted molar refractivity (Wildman–Crippen MR) is 102 cm³/mol.